The van der Waals surface area contributed by atoms with Crippen molar-refractivity contribution in [3.8, 4) is 5.75 Å². The van der Waals surface area contributed by atoms with Crippen molar-refractivity contribution in [3.05, 3.63) is 47.1 Å². The molecule has 0 aliphatic carbocycles. The highest BCUT2D eigenvalue weighted by Gasteiger charge is 2.03. The SMILES string of the molecule is CCN(CC)c1ccc(NCc2ccc(O)c(Cl)c2)cn1. The minimum atomic E-state index is 0.102. The Hall–Kier alpha value is -1.94. The largest absolute Gasteiger partial charge is 0.506 e. The van der Waals surface area contributed by atoms with Crippen molar-refractivity contribution in [1.29, 1.82) is 0 Å². The number of hydrogen-bond acceptors (Lipinski definition) is 4. The molecule has 21 heavy (non-hydrogen) atoms. The molecule has 2 N–H and O–H groups in total. The van der Waals surface area contributed by atoms with Crippen molar-refractivity contribution in [2.24, 2.45) is 0 Å². The van der Waals surface area contributed by atoms with E-state index in [1.54, 1.807) is 12.1 Å². The van der Waals surface area contributed by atoms with Gasteiger partial charge in [-0.25, -0.2) is 4.98 Å². The van der Waals surface area contributed by atoms with Gasteiger partial charge in [-0.05, 0) is 43.7 Å². The lowest BCUT2D eigenvalue weighted by Crippen LogP contribution is -2.22. The molecule has 2 rings (SSSR count). The minimum absolute atomic E-state index is 0.102. The van der Waals surface area contributed by atoms with Crippen molar-refractivity contribution in [1.82, 2.24) is 4.98 Å². The summed E-state index contributed by atoms with van der Waals surface area (Å²) in [6.45, 7) is 6.76. The Balaban J connectivity index is 1.98. The van der Waals surface area contributed by atoms with E-state index in [1.807, 2.05) is 24.4 Å². The van der Waals surface area contributed by atoms with Crippen LogP contribution in [0.15, 0.2) is 36.5 Å². The summed E-state index contributed by atoms with van der Waals surface area (Å²) in [5, 5.41) is 13.0. The maximum absolute atomic E-state index is 9.39. The molecule has 0 radical (unpaired) electrons. The Labute approximate surface area is 130 Å². The molecule has 1 aromatic heterocycles. The molecule has 0 saturated carbocycles. The van der Waals surface area contributed by atoms with E-state index < -0.39 is 0 Å². The van der Waals surface area contributed by atoms with Crippen LogP contribution in [0.2, 0.25) is 5.02 Å². The highest BCUT2D eigenvalue weighted by atomic mass is 35.5. The molecule has 0 amide bonds. The van der Waals surface area contributed by atoms with Crippen LogP contribution in [-0.2, 0) is 6.54 Å². The maximum Gasteiger partial charge on any atom is 0.134 e. The third-order valence-corrected chi connectivity index (χ3v) is 3.65. The smallest absolute Gasteiger partial charge is 0.134 e. The van der Waals surface area contributed by atoms with Crippen LogP contribution in [0, 0.1) is 0 Å². The highest BCUT2D eigenvalue weighted by Crippen LogP contribution is 2.24. The Bertz CT molecular complexity index is 583. The molecule has 0 unspecified atom stereocenters. The van der Waals surface area contributed by atoms with Crippen LogP contribution in [-0.4, -0.2) is 23.2 Å². The zero-order chi connectivity index (χ0) is 15.2. The Morgan fingerprint density at radius 2 is 1.95 bits per heavy atom. The van der Waals surface area contributed by atoms with Crippen LogP contribution in [0.3, 0.4) is 0 Å². The maximum atomic E-state index is 9.39. The summed E-state index contributed by atoms with van der Waals surface area (Å²) in [4.78, 5) is 6.66. The Morgan fingerprint density at radius 3 is 2.52 bits per heavy atom. The van der Waals surface area contributed by atoms with Gasteiger partial charge in [0.2, 0.25) is 0 Å². The first kappa shape index (κ1) is 15.4. The van der Waals surface area contributed by atoms with Crippen molar-refractivity contribution in [2.45, 2.75) is 20.4 Å². The number of phenols is 1. The first-order valence-electron chi connectivity index (χ1n) is 7.06. The second-order valence-electron chi connectivity index (χ2n) is 4.72. The number of benzene rings is 1. The third-order valence-electron chi connectivity index (χ3n) is 3.34. The molecule has 112 valence electrons. The number of rotatable bonds is 6. The average Bonchev–Trinajstić information content (AvgIpc) is 2.51. The number of anilines is 2. The molecule has 4 nitrogen and oxygen atoms in total. The zero-order valence-corrected chi connectivity index (χ0v) is 13.1. The Kier molecular flexibility index (Phi) is 5.28. The van der Waals surface area contributed by atoms with Gasteiger partial charge in [-0.15, -0.1) is 0 Å². The van der Waals surface area contributed by atoms with E-state index in [0.717, 1.165) is 30.2 Å². The van der Waals surface area contributed by atoms with Crippen molar-refractivity contribution in [3.63, 3.8) is 0 Å². The standard InChI is InChI=1S/C16H20ClN3O/c1-3-20(4-2)16-8-6-13(11-19-16)18-10-12-5-7-15(21)14(17)9-12/h5-9,11,18,21H,3-4,10H2,1-2H3. The molecule has 0 saturated heterocycles. The predicted molar refractivity (Wildman–Crippen MR) is 88.2 cm³/mol. The topological polar surface area (TPSA) is 48.4 Å². The van der Waals surface area contributed by atoms with Crippen molar-refractivity contribution in [2.75, 3.05) is 23.3 Å². The number of nitrogens with zero attached hydrogens (tertiary/aromatic N) is 2. The van der Waals surface area contributed by atoms with E-state index in [9.17, 15) is 5.11 Å². The molecule has 1 aromatic carbocycles. The van der Waals surface area contributed by atoms with E-state index in [4.69, 9.17) is 11.6 Å². The van der Waals surface area contributed by atoms with Gasteiger partial charge in [-0.3, -0.25) is 0 Å². The summed E-state index contributed by atoms with van der Waals surface area (Å²) >= 11 is 5.89. The molecule has 0 fully saturated rings. The quantitative estimate of drug-likeness (QED) is 0.850. The summed E-state index contributed by atoms with van der Waals surface area (Å²) in [7, 11) is 0. The molecular weight excluding hydrogens is 286 g/mol. The summed E-state index contributed by atoms with van der Waals surface area (Å²) in [5.41, 5.74) is 1.96. The third kappa shape index (κ3) is 4.02. The fourth-order valence-corrected chi connectivity index (χ4v) is 2.29. The molecule has 0 spiro atoms. The number of aromatic hydroxyl groups is 1. The van der Waals surface area contributed by atoms with Gasteiger partial charge in [0.1, 0.15) is 11.6 Å². The van der Waals surface area contributed by atoms with Crippen LogP contribution >= 0.6 is 11.6 Å². The molecule has 1 heterocycles. The number of aromatic nitrogens is 1. The van der Waals surface area contributed by atoms with Gasteiger partial charge in [-0.2, -0.15) is 0 Å². The molecule has 0 atom stereocenters. The monoisotopic (exact) mass is 305 g/mol. The first-order chi connectivity index (χ1) is 10.1. The number of nitrogens with one attached hydrogen (secondary N) is 1. The van der Waals surface area contributed by atoms with E-state index >= 15 is 0 Å². The van der Waals surface area contributed by atoms with Crippen molar-refractivity contribution < 1.29 is 5.11 Å². The molecule has 2 aromatic rings. The van der Waals surface area contributed by atoms with Gasteiger partial charge < -0.3 is 15.3 Å². The van der Waals surface area contributed by atoms with Crippen LogP contribution < -0.4 is 10.2 Å². The van der Waals surface area contributed by atoms with E-state index in [1.165, 1.54) is 0 Å². The van der Waals surface area contributed by atoms with Crippen molar-refractivity contribution >= 4 is 23.1 Å². The lowest BCUT2D eigenvalue weighted by molar-refractivity contribution is 0.475. The van der Waals surface area contributed by atoms with Crippen LogP contribution in [0.4, 0.5) is 11.5 Å². The van der Waals surface area contributed by atoms with Crippen LogP contribution in [0.1, 0.15) is 19.4 Å². The molecule has 0 bridgehead atoms. The summed E-state index contributed by atoms with van der Waals surface area (Å²) < 4.78 is 0. The molecule has 0 aliphatic rings. The normalized spacial score (nSPS) is 10.4. The van der Waals surface area contributed by atoms with Crippen LogP contribution in [0.5, 0.6) is 5.75 Å². The Morgan fingerprint density at radius 1 is 1.19 bits per heavy atom. The molecule has 0 aliphatic heterocycles. The summed E-state index contributed by atoms with van der Waals surface area (Å²) in [5.74, 6) is 1.09. The highest BCUT2D eigenvalue weighted by molar-refractivity contribution is 6.32. The average molecular weight is 306 g/mol. The lowest BCUT2D eigenvalue weighted by atomic mass is 10.2. The first-order valence-corrected chi connectivity index (χ1v) is 7.44. The van der Waals surface area contributed by atoms with Gasteiger partial charge in [-0.1, -0.05) is 17.7 Å². The van der Waals surface area contributed by atoms with Crippen LogP contribution in [0.25, 0.3) is 0 Å². The number of hydrogen-bond donors (Lipinski definition) is 2. The van der Waals surface area contributed by atoms with Gasteiger partial charge >= 0.3 is 0 Å². The van der Waals surface area contributed by atoms with E-state index in [-0.39, 0.29) is 5.75 Å². The minimum Gasteiger partial charge on any atom is -0.506 e. The fourth-order valence-electron chi connectivity index (χ4n) is 2.09. The summed E-state index contributed by atoms with van der Waals surface area (Å²) in [6.07, 6.45) is 1.83. The second-order valence-corrected chi connectivity index (χ2v) is 5.12. The van der Waals surface area contributed by atoms with Gasteiger partial charge in [0, 0.05) is 19.6 Å². The molecular formula is C16H20ClN3O. The number of halogens is 1. The second kappa shape index (κ2) is 7.18. The fraction of sp³-hybridized carbons (Fsp3) is 0.312. The van der Waals surface area contributed by atoms with Gasteiger partial charge in [0.05, 0.1) is 16.9 Å². The summed E-state index contributed by atoms with van der Waals surface area (Å²) in [6, 6.07) is 9.22. The van der Waals surface area contributed by atoms with E-state index in [2.05, 4.69) is 29.0 Å². The van der Waals surface area contributed by atoms with Gasteiger partial charge in [0.25, 0.3) is 0 Å². The predicted octanol–water partition coefficient (Wildman–Crippen LogP) is 3.90. The lowest BCUT2D eigenvalue weighted by Gasteiger charge is -2.19. The number of phenolic OH excluding ortho intramolecular Hbond substituents is 1. The zero-order valence-electron chi connectivity index (χ0n) is 12.3. The number of pyridine rings is 1. The molecule has 5 heteroatoms. The van der Waals surface area contributed by atoms with Gasteiger partial charge in [0.15, 0.2) is 0 Å². The van der Waals surface area contributed by atoms with E-state index in [0.29, 0.717) is 11.6 Å².